The highest BCUT2D eigenvalue weighted by Gasteiger charge is 2.34. The van der Waals surface area contributed by atoms with Crippen molar-refractivity contribution in [2.45, 2.75) is 98.4 Å². The Labute approximate surface area is 251 Å². The van der Waals surface area contributed by atoms with Crippen molar-refractivity contribution < 1.29 is 18.3 Å². The van der Waals surface area contributed by atoms with Crippen molar-refractivity contribution in [3.63, 3.8) is 0 Å². The van der Waals surface area contributed by atoms with Crippen LogP contribution >= 0.6 is 8.53 Å². The molecular weight excluding hydrogens is 551 g/mol. The molecule has 3 heterocycles. The van der Waals surface area contributed by atoms with Gasteiger partial charge < -0.3 is 23.3 Å². The molecule has 2 aromatic rings. The van der Waals surface area contributed by atoms with E-state index >= 15 is 0 Å². The molecule has 1 fully saturated rings. The van der Waals surface area contributed by atoms with Crippen molar-refractivity contribution in [3.05, 3.63) is 45.8 Å². The Bertz CT molecular complexity index is 1410. The van der Waals surface area contributed by atoms with Gasteiger partial charge in [0.2, 0.25) is 0 Å². The highest BCUT2D eigenvalue weighted by atomic mass is 31.2. The molecular formula is C32H45N4O5P. The first-order chi connectivity index (χ1) is 19.9. The summed E-state index contributed by atoms with van der Waals surface area (Å²) in [7, 11) is -1.35. The van der Waals surface area contributed by atoms with Crippen molar-refractivity contribution in [3.8, 4) is 6.07 Å². The fourth-order valence-corrected chi connectivity index (χ4v) is 7.95. The molecule has 2 aliphatic rings. The number of likely N-dealkylation sites (tertiary alicyclic amines) is 1. The summed E-state index contributed by atoms with van der Waals surface area (Å²) < 4.78 is 20.5. The fraction of sp³-hybridized carbons (Fsp3) is 0.594. The maximum absolute atomic E-state index is 13.5. The molecule has 0 saturated carbocycles. The standard InChI is InChI=1S/C32H45N4O5P/c1-9-35-28-19-29-24(17-26(28)23(6)20-32(35,7)8)18-27(31(38)40-29)30(37)34-14-11-25(12-15-34)41-42(39-16-10-13-33)36(21(2)3)22(4)5/h17-22,25H,9-12,14-16H2,1-8H3. The number of nitriles is 1. The van der Waals surface area contributed by atoms with Gasteiger partial charge in [-0.05, 0) is 85.9 Å². The lowest BCUT2D eigenvalue weighted by Crippen LogP contribution is -2.44. The van der Waals surface area contributed by atoms with Crippen molar-refractivity contribution in [2.24, 2.45) is 0 Å². The summed E-state index contributed by atoms with van der Waals surface area (Å²) in [6.07, 6.45) is 3.75. The number of hydrogen-bond acceptors (Lipinski definition) is 8. The second-order valence-electron chi connectivity index (χ2n) is 12.2. The number of fused-ring (bicyclic) bond motifs is 2. The molecule has 10 heteroatoms. The molecule has 228 valence electrons. The predicted octanol–water partition coefficient (Wildman–Crippen LogP) is 6.71. The number of nitrogens with zero attached hydrogens (tertiary/aromatic N) is 4. The van der Waals surface area contributed by atoms with E-state index in [-0.39, 0.29) is 35.2 Å². The Morgan fingerprint density at radius 3 is 2.45 bits per heavy atom. The van der Waals surface area contributed by atoms with Gasteiger partial charge in [-0.25, -0.2) is 9.46 Å². The summed E-state index contributed by atoms with van der Waals surface area (Å²) in [6, 6.07) is 8.20. The van der Waals surface area contributed by atoms with E-state index < -0.39 is 14.2 Å². The summed E-state index contributed by atoms with van der Waals surface area (Å²) in [6.45, 7) is 19.1. The van der Waals surface area contributed by atoms with Crippen LogP contribution in [-0.2, 0) is 9.05 Å². The van der Waals surface area contributed by atoms with Crippen LogP contribution in [0, 0.1) is 11.3 Å². The lowest BCUT2D eigenvalue weighted by molar-refractivity contribution is 0.0540. The number of benzene rings is 1. The molecule has 1 amide bonds. The Hall–Kier alpha value is -2.76. The molecule has 4 rings (SSSR count). The average molecular weight is 597 g/mol. The second-order valence-corrected chi connectivity index (χ2v) is 13.6. The average Bonchev–Trinajstić information content (AvgIpc) is 2.91. The van der Waals surface area contributed by atoms with Gasteiger partial charge >= 0.3 is 5.63 Å². The normalized spacial score (nSPS) is 18.0. The maximum Gasteiger partial charge on any atom is 0.349 e. The third-order valence-corrected chi connectivity index (χ3v) is 10.2. The quantitative estimate of drug-likeness (QED) is 0.170. The minimum Gasteiger partial charge on any atom is -0.422 e. The zero-order valence-corrected chi connectivity index (χ0v) is 27.2. The largest absolute Gasteiger partial charge is 0.422 e. The minimum atomic E-state index is -1.35. The monoisotopic (exact) mass is 596 g/mol. The topological polar surface area (TPSA) is 99.3 Å². The van der Waals surface area contributed by atoms with E-state index in [1.165, 1.54) is 0 Å². The van der Waals surface area contributed by atoms with Gasteiger partial charge in [0.15, 0.2) is 0 Å². The molecule has 1 aromatic carbocycles. The number of allylic oxidation sites excluding steroid dienone is 1. The summed E-state index contributed by atoms with van der Waals surface area (Å²) in [5.41, 5.74) is 3.04. The molecule has 2 aliphatic heterocycles. The second kappa shape index (κ2) is 13.3. The molecule has 1 unspecified atom stereocenters. The first kappa shape index (κ1) is 32.2. The number of piperidine rings is 1. The SMILES string of the molecule is CCN1c2cc3oc(=O)c(C(=O)N4CCC(OP(OCCC#N)N(C(C)C)C(C)C)CC4)cc3cc2C(C)=CC1(C)C. The number of amides is 1. The maximum atomic E-state index is 13.5. The molecule has 9 nitrogen and oxygen atoms in total. The van der Waals surface area contributed by atoms with Gasteiger partial charge in [0.05, 0.1) is 30.7 Å². The predicted molar refractivity (Wildman–Crippen MR) is 168 cm³/mol. The Kier molecular flexibility index (Phi) is 10.2. The van der Waals surface area contributed by atoms with Crippen molar-refractivity contribution >= 4 is 36.7 Å². The summed E-state index contributed by atoms with van der Waals surface area (Å²) in [5.74, 6) is -0.316. The van der Waals surface area contributed by atoms with E-state index in [0.717, 1.165) is 28.8 Å². The van der Waals surface area contributed by atoms with Gasteiger partial charge in [0.25, 0.3) is 14.4 Å². The first-order valence-corrected chi connectivity index (χ1v) is 16.1. The number of anilines is 1. The van der Waals surface area contributed by atoms with Crippen LogP contribution in [0.15, 0.2) is 33.5 Å². The third-order valence-electron chi connectivity index (χ3n) is 8.01. The Morgan fingerprint density at radius 1 is 1.19 bits per heavy atom. The van der Waals surface area contributed by atoms with Crippen LogP contribution in [0.3, 0.4) is 0 Å². The van der Waals surface area contributed by atoms with E-state index in [1.54, 1.807) is 11.0 Å². The van der Waals surface area contributed by atoms with Crippen LogP contribution in [0.25, 0.3) is 16.5 Å². The van der Waals surface area contributed by atoms with Crippen molar-refractivity contribution in [2.75, 3.05) is 31.1 Å². The first-order valence-electron chi connectivity index (χ1n) is 15.0. The zero-order valence-electron chi connectivity index (χ0n) is 26.3. The molecule has 1 aromatic heterocycles. The van der Waals surface area contributed by atoms with Crippen LogP contribution in [0.2, 0.25) is 0 Å². The minimum absolute atomic E-state index is 0.0554. The van der Waals surface area contributed by atoms with E-state index in [4.69, 9.17) is 18.7 Å². The molecule has 42 heavy (non-hydrogen) atoms. The third kappa shape index (κ3) is 6.73. The molecule has 0 radical (unpaired) electrons. The lowest BCUT2D eigenvalue weighted by Gasteiger charge is -2.42. The molecule has 1 saturated heterocycles. The molecule has 1 atom stereocenters. The highest BCUT2D eigenvalue weighted by molar-refractivity contribution is 7.44. The van der Waals surface area contributed by atoms with E-state index in [1.807, 2.05) is 12.1 Å². The smallest absolute Gasteiger partial charge is 0.349 e. The van der Waals surface area contributed by atoms with Crippen LogP contribution in [0.5, 0.6) is 0 Å². The van der Waals surface area contributed by atoms with E-state index in [2.05, 4.69) is 77.1 Å². The van der Waals surface area contributed by atoms with Gasteiger partial charge in [0.1, 0.15) is 11.1 Å². The Morgan fingerprint density at radius 2 is 1.86 bits per heavy atom. The number of likely N-dealkylation sites (N-methyl/N-ethyl adjacent to an activating group) is 1. The summed E-state index contributed by atoms with van der Waals surface area (Å²) >= 11 is 0. The number of carbonyl (C=O) groups excluding carboxylic acids is 1. The number of rotatable bonds is 10. The van der Waals surface area contributed by atoms with Crippen LogP contribution in [0.4, 0.5) is 5.69 Å². The van der Waals surface area contributed by atoms with Gasteiger partial charge in [-0.2, -0.15) is 5.26 Å². The van der Waals surface area contributed by atoms with Gasteiger partial charge in [-0.15, -0.1) is 0 Å². The number of hydrogen-bond donors (Lipinski definition) is 0. The molecule has 0 aliphatic carbocycles. The Balaban J connectivity index is 1.50. The summed E-state index contributed by atoms with van der Waals surface area (Å²) in [5, 5.41) is 9.70. The van der Waals surface area contributed by atoms with Gasteiger partial charge in [-0.1, -0.05) is 6.08 Å². The van der Waals surface area contributed by atoms with Crippen molar-refractivity contribution in [1.82, 2.24) is 9.57 Å². The van der Waals surface area contributed by atoms with Gasteiger partial charge in [-0.3, -0.25) is 4.79 Å². The van der Waals surface area contributed by atoms with E-state index in [9.17, 15) is 9.59 Å². The number of carbonyl (C=O) groups is 1. The van der Waals surface area contributed by atoms with Gasteiger partial charge in [0, 0.05) is 54.4 Å². The zero-order chi connectivity index (χ0) is 30.8. The lowest BCUT2D eigenvalue weighted by atomic mass is 9.88. The van der Waals surface area contributed by atoms with Crippen LogP contribution in [-0.4, -0.2) is 65.4 Å². The van der Waals surface area contributed by atoms with Crippen molar-refractivity contribution in [1.29, 1.82) is 5.26 Å². The molecule has 0 bridgehead atoms. The fourth-order valence-electron chi connectivity index (χ4n) is 6.17. The van der Waals surface area contributed by atoms with Crippen LogP contribution < -0.4 is 10.5 Å². The highest BCUT2D eigenvalue weighted by Crippen LogP contribution is 2.48. The van der Waals surface area contributed by atoms with E-state index in [0.29, 0.717) is 44.5 Å². The molecule has 0 spiro atoms. The summed E-state index contributed by atoms with van der Waals surface area (Å²) in [4.78, 5) is 30.6. The van der Waals surface area contributed by atoms with Crippen LogP contribution in [0.1, 0.15) is 90.6 Å². The molecule has 0 N–H and O–H groups in total.